The van der Waals surface area contributed by atoms with Crippen LogP contribution in [0.25, 0.3) is 0 Å². The first kappa shape index (κ1) is 16.3. The number of piperazine rings is 1. The number of Topliss-reactive ketones (excluding diaryl/α,β-unsaturated/α-hetero) is 2. The predicted molar refractivity (Wildman–Crippen MR) is 99.0 cm³/mol. The van der Waals surface area contributed by atoms with E-state index < -0.39 is 12.1 Å². The second-order valence-corrected chi connectivity index (χ2v) is 8.71. The number of aryl methyl sites for hydroxylation is 1. The molecule has 3 N–H and O–H groups in total. The minimum absolute atomic E-state index is 0.00869. The number of fused-ring (bicyclic) bond motifs is 5. The lowest BCUT2D eigenvalue weighted by Gasteiger charge is -2.44. The number of rotatable bonds is 0. The molecule has 7 atom stereocenters. The smallest absolute Gasteiger partial charge is 0.182 e. The molecule has 0 amide bonds. The van der Waals surface area contributed by atoms with Crippen LogP contribution in [0.5, 0.6) is 0 Å². The lowest BCUT2D eigenvalue weighted by molar-refractivity contribution is 0.0713. The van der Waals surface area contributed by atoms with E-state index in [2.05, 4.69) is 17.6 Å². The Kier molecular flexibility index (Phi) is 3.50. The first-order valence-electron chi connectivity index (χ1n) is 9.75. The highest BCUT2D eigenvalue weighted by molar-refractivity contribution is 6.19. The molecule has 5 rings (SSSR count). The molecule has 3 fully saturated rings. The van der Waals surface area contributed by atoms with Gasteiger partial charge in [0, 0.05) is 28.8 Å². The number of ketones is 2. The molecule has 1 aliphatic heterocycles. The van der Waals surface area contributed by atoms with Crippen molar-refractivity contribution in [3.8, 4) is 0 Å². The zero-order valence-electron chi connectivity index (χ0n) is 15.2. The summed E-state index contributed by atoms with van der Waals surface area (Å²) in [5.74, 6) is 1.34. The third-order valence-electron chi connectivity index (χ3n) is 7.05. The van der Waals surface area contributed by atoms with Gasteiger partial charge in [-0.3, -0.25) is 14.9 Å². The molecule has 5 nitrogen and oxygen atoms in total. The average molecular weight is 351 g/mol. The standard InChI is InChI=1S/C21H25N3O2/c1-9-3-5-11-13(7-9)16-17(15(11)22)24-19-18(23-16)20(25)12-6-4-10(2)8-14(12)21(19)26/h4,6,8-9,11,13,16-19,22-24H,3,5,7H2,1-2H3. The molecule has 4 aliphatic rings. The van der Waals surface area contributed by atoms with Crippen LogP contribution in [0, 0.1) is 30.1 Å². The summed E-state index contributed by atoms with van der Waals surface area (Å²) in [6, 6.07) is 4.39. The molecule has 3 aliphatic carbocycles. The lowest BCUT2D eigenvalue weighted by Crippen LogP contribution is -2.72. The highest BCUT2D eigenvalue weighted by atomic mass is 16.1. The van der Waals surface area contributed by atoms with E-state index in [1.54, 1.807) is 6.07 Å². The molecule has 1 aromatic rings. The maximum absolute atomic E-state index is 13.1. The minimum atomic E-state index is -0.559. The molecule has 0 radical (unpaired) electrons. The Bertz CT molecular complexity index is 833. The second kappa shape index (κ2) is 5.57. The van der Waals surface area contributed by atoms with Crippen molar-refractivity contribution in [1.82, 2.24) is 10.6 Å². The van der Waals surface area contributed by atoms with Gasteiger partial charge in [0.15, 0.2) is 11.6 Å². The summed E-state index contributed by atoms with van der Waals surface area (Å²) in [6.45, 7) is 4.21. The summed E-state index contributed by atoms with van der Waals surface area (Å²) < 4.78 is 0. The molecule has 0 spiro atoms. The van der Waals surface area contributed by atoms with Crippen molar-refractivity contribution in [3.63, 3.8) is 0 Å². The van der Waals surface area contributed by atoms with Crippen LogP contribution in [0.15, 0.2) is 18.2 Å². The van der Waals surface area contributed by atoms with Crippen molar-refractivity contribution in [2.75, 3.05) is 0 Å². The summed E-state index contributed by atoms with van der Waals surface area (Å²) >= 11 is 0. The van der Waals surface area contributed by atoms with Crippen molar-refractivity contribution in [1.29, 1.82) is 5.41 Å². The Labute approximate surface area is 153 Å². The highest BCUT2D eigenvalue weighted by Gasteiger charge is 2.56. The zero-order valence-corrected chi connectivity index (χ0v) is 15.2. The maximum atomic E-state index is 13.1. The summed E-state index contributed by atoms with van der Waals surface area (Å²) in [4.78, 5) is 26.2. The van der Waals surface area contributed by atoms with Crippen LogP contribution in [-0.2, 0) is 0 Å². The number of carbonyl (C=O) groups excluding carboxylic acids is 2. The normalized spacial score (nSPS) is 41.3. The van der Waals surface area contributed by atoms with E-state index in [9.17, 15) is 9.59 Å². The Morgan fingerprint density at radius 1 is 1.00 bits per heavy atom. The molecule has 1 aromatic carbocycles. The first-order valence-corrected chi connectivity index (χ1v) is 9.75. The van der Waals surface area contributed by atoms with E-state index in [-0.39, 0.29) is 29.6 Å². The minimum Gasteiger partial charge on any atom is -0.308 e. The SMILES string of the molecule is Cc1ccc2c(c1)C(=O)C1NC3C(=N)C4CCC(C)CC4C3NC1C2=O. The summed E-state index contributed by atoms with van der Waals surface area (Å²) in [5.41, 5.74) is 2.78. The van der Waals surface area contributed by atoms with Gasteiger partial charge in [0.05, 0.1) is 18.1 Å². The Morgan fingerprint density at radius 3 is 2.54 bits per heavy atom. The molecule has 2 saturated carbocycles. The summed E-state index contributed by atoms with van der Waals surface area (Å²) in [7, 11) is 0. The number of benzene rings is 1. The van der Waals surface area contributed by atoms with E-state index in [0.717, 1.165) is 24.1 Å². The second-order valence-electron chi connectivity index (χ2n) is 8.71. The van der Waals surface area contributed by atoms with Gasteiger partial charge < -0.3 is 10.7 Å². The fraction of sp³-hybridized carbons (Fsp3) is 0.571. The molecule has 1 heterocycles. The van der Waals surface area contributed by atoms with Crippen molar-refractivity contribution >= 4 is 17.3 Å². The van der Waals surface area contributed by atoms with Crippen LogP contribution >= 0.6 is 0 Å². The van der Waals surface area contributed by atoms with Gasteiger partial charge in [0.1, 0.15) is 0 Å². The zero-order chi connectivity index (χ0) is 18.2. The van der Waals surface area contributed by atoms with Gasteiger partial charge >= 0.3 is 0 Å². The Balaban J connectivity index is 1.52. The molecule has 136 valence electrons. The van der Waals surface area contributed by atoms with Gasteiger partial charge in [0.2, 0.25) is 0 Å². The van der Waals surface area contributed by atoms with Gasteiger partial charge in [0.25, 0.3) is 0 Å². The van der Waals surface area contributed by atoms with Gasteiger partial charge in [-0.25, -0.2) is 0 Å². The molecule has 26 heavy (non-hydrogen) atoms. The van der Waals surface area contributed by atoms with Gasteiger partial charge in [-0.2, -0.15) is 0 Å². The third-order valence-corrected chi connectivity index (χ3v) is 7.05. The molecular weight excluding hydrogens is 326 g/mol. The monoisotopic (exact) mass is 351 g/mol. The maximum Gasteiger partial charge on any atom is 0.182 e. The summed E-state index contributed by atoms with van der Waals surface area (Å²) in [6.07, 6.45) is 3.31. The Morgan fingerprint density at radius 2 is 1.73 bits per heavy atom. The van der Waals surface area contributed by atoms with Crippen molar-refractivity contribution in [2.24, 2.45) is 17.8 Å². The van der Waals surface area contributed by atoms with Crippen LogP contribution in [0.3, 0.4) is 0 Å². The highest BCUT2D eigenvalue weighted by Crippen LogP contribution is 2.44. The fourth-order valence-corrected chi connectivity index (χ4v) is 5.75. The number of nitrogens with one attached hydrogen (secondary N) is 3. The topological polar surface area (TPSA) is 82.1 Å². The van der Waals surface area contributed by atoms with Gasteiger partial charge in [-0.15, -0.1) is 0 Å². The fourth-order valence-electron chi connectivity index (χ4n) is 5.75. The molecular formula is C21H25N3O2. The van der Waals surface area contributed by atoms with Crippen molar-refractivity contribution in [2.45, 2.75) is 57.3 Å². The molecule has 5 heteroatoms. The number of hydrogen-bond donors (Lipinski definition) is 3. The predicted octanol–water partition coefficient (Wildman–Crippen LogP) is 2.13. The van der Waals surface area contributed by atoms with E-state index in [0.29, 0.717) is 23.0 Å². The van der Waals surface area contributed by atoms with Crippen molar-refractivity contribution < 1.29 is 9.59 Å². The van der Waals surface area contributed by atoms with Crippen LogP contribution in [0.1, 0.15) is 52.5 Å². The molecule has 0 bridgehead atoms. The van der Waals surface area contributed by atoms with Crippen molar-refractivity contribution in [3.05, 3.63) is 34.9 Å². The van der Waals surface area contributed by atoms with E-state index >= 15 is 0 Å². The quantitative estimate of drug-likeness (QED) is 0.669. The van der Waals surface area contributed by atoms with E-state index in [4.69, 9.17) is 5.41 Å². The van der Waals surface area contributed by atoms with Gasteiger partial charge in [-0.05, 0) is 37.7 Å². The van der Waals surface area contributed by atoms with Crippen LogP contribution in [0.4, 0.5) is 0 Å². The first-order chi connectivity index (χ1) is 12.5. The summed E-state index contributed by atoms with van der Waals surface area (Å²) in [5, 5.41) is 15.6. The van der Waals surface area contributed by atoms with Crippen LogP contribution in [-0.4, -0.2) is 41.4 Å². The van der Waals surface area contributed by atoms with E-state index in [1.807, 2.05) is 19.1 Å². The lowest BCUT2D eigenvalue weighted by atomic mass is 9.74. The Hall–Kier alpha value is -1.85. The number of hydrogen-bond acceptors (Lipinski definition) is 5. The molecule has 0 aromatic heterocycles. The third kappa shape index (κ3) is 2.13. The van der Waals surface area contributed by atoms with Gasteiger partial charge in [-0.1, -0.05) is 31.0 Å². The molecule has 7 unspecified atom stereocenters. The van der Waals surface area contributed by atoms with Crippen LogP contribution in [0.2, 0.25) is 0 Å². The molecule has 1 saturated heterocycles. The van der Waals surface area contributed by atoms with Crippen LogP contribution < -0.4 is 10.6 Å². The van der Waals surface area contributed by atoms with E-state index in [1.165, 1.54) is 6.42 Å². The number of carbonyl (C=O) groups is 2. The average Bonchev–Trinajstić information content (AvgIpc) is 2.90. The largest absolute Gasteiger partial charge is 0.308 e.